The number of nitrogens with one attached hydrogen (secondary N) is 1. The summed E-state index contributed by atoms with van der Waals surface area (Å²) < 4.78 is 42.6. The molecule has 2 heterocycles. The van der Waals surface area contributed by atoms with Crippen LogP contribution >= 0.6 is 0 Å². The Morgan fingerprint density at radius 1 is 0.976 bits per heavy atom. The number of hydrogen-bond acceptors (Lipinski definition) is 6. The molecule has 42 heavy (non-hydrogen) atoms. The number of fused-ring (bicyclic) bond motifs is 1. The number of halogens is 1. The predicted molar refractivity (Wildman–Crippen MR) is 163 cm³/mol. The molecule has 0 aliphatic heterocycles. The third-order valence-corrected chi connectivity index (χ3v) is 6.29. The number of primary amides is 1. The Morgan fingerprint density at radius 3 is 2.29 bits per heavy atom. The molecule has 3 aromatic carbocycles. The highest BCUT2D eigenvalue weighted by Crippen LogP contribution is 2.34. The second-order valence-corrected chi connectivity index (χ2v) is 10.8. The van der Waals surface area contributed by atoms with E-state index in [0.29, 0.717) is 34.4 Å². The van der Waals surface area contributed by atoms with Gasteiger partial charge in [-0.15, -0.1) is 0 Å². The molecule has 2 aromatic heterocycles. The summed E-state index contributed by atoms with van der Waals surface area (Å²) in [6.45, 7) is 0. The maximum atomic E-state index is 15.2. The van der Waals surface area contributed by atoms with Crippen molar-refractivity contribution in [2.45, 2.75) is 0 Å². The van der Waals surface area contributed by atoms with Gasteiger partial charge in [-0.25, -0.2) is 14.2 Å². The molecular formula is C30H28FN5O5S. The zero-order valence-electron chi connectivity index (χ0n) is 22.9. The minimum atomic E-state index is -3.67. The van der Waals surface area contributed by atoms with Crippen molar-refractivity contribution in [3.05, 3.63) is 107 Å². The Balaban J connectivity index is 0.000000748. The van der Waals surface area contributed by atoms with E-state index in [-0.39, 0.29) is 11.2 Å². The van der Waals surface area contributed by atoms with E-state index in [1.165, 1.54) is 22.8 Å². The molecule has 0 atom stereocenters. The smallest absolute Gasteiger partial charge is 0.323 e. The average Bonchev–Trinajstić information content (AvgIpc) is 2.95. The van der Waals surface area contributed by atoms with E-state index < -0.39 is 22.0 Å². The van der Waals surface area contributed by atoms with Crippen LogP contribution < -0.4 is 21.5 Å². The van der Waals surface area contributed by atoms with Gasteiger partial charge in [-0.1, -0.05) is 48.5 Å². The fraction of sp³-hybridized carbons (Fsp3) is 0.100. The zero-order valence-corrected chi connectivity index (χ0v) is 23.8. The summed E-state index contributed by atoms with van der Waals surface area (Å²) in [5.41, 5.74) is 9.10. The molecule has 2 amide bonds. The highest BCUT2D eigenvalue weighted by Gasteiger charge is 2.21. The molecule has 5 rings (SSSR count). The van der Waals surface area contributed by atoms with Crippen molar-refractivity contribution in [2.24, 2.45) is 12.8 Å². The number of aromatic nitrogens is 2. The second-order valence-electron chi connectivity index (χ2n) is 9.29. The lowest BCUT2D eigenvalue weighted by atomic mass is 10.0. The minimum Gasteiger partial charge on any atom is -0.373 e. The quantitative estimate of drug-likeness (QED) is 0.240. The van der Waals surface area contributed by atoms with Crippen LogP contribution in [0.3, 0.4) is 0 Å². The van der Waals surface area contributed by atoms with Crippen molar-refractivity contribution in [2.75, 3.05) is 23.5 Å². The van der Waals surface area contributed by atoms with Crippen LogP contribution in [0.25, 0.3) is 33.2 Å². The molecule has 0 spiro atoms. The van der Waals surface area contributed by atoms with Gasteiger partial charge in [-0.05, 0) is 47.0 Å². The number of carbonyl (C=O) groups is 1. The van der Waals surface area contributed by atoms with Crippen LogP contribution in [0.1, 0.15) is 0 Å². The first-order valence-corrected chi connectivity index (χ1v) is 14.4. The van der Waals surface area contributed by atoms with Crippen LogP contribution in [0, 0.1) is 5.82 Å². The number of rotatable bonds is 5. The molecule has 0 aliphatic rings. The number of aryl methyl sites for hydroxylation is 1. The molecule has 10 nitrogen and oxygen atoms in total. The molecule has 0 saturated carbocycles. The number of pyridine rings is 2. The standard InChI is InChI=1S/C29H24FN5O2.CH4O3S/c1-32-27-16-25-21(17-33-27)14-23(28(36)34(25)2)20-11-12-24(30)26(15-20)35(29(31)37)22-10-6-9-19(13-22)18-7-4-3-5-8-18;1-5(2,3)4/h3-17H,1-2H3,(H2,31,37)(H,32,33);1H3,(H,2,3,4). The van der Waals surface area contributed by atoms with Gasteiger partial charge in [0, 0.05) is 37.3 Å². The summed E-state index contributed by atoms with van der Waals surface area (Å²) >= 11 is 0. The first-order valence-electron chi connectivity index (χ1n) is 12.5. The summed E-state index contributed by atoms with van der Waals surface area (Å²) in [6.07, 6.45) is 2.38. The van der Waals surface area contributed by atoms with Gasteiger partial charge in [0.25, 0.3) is 15.7 Å². The summed E-state index contributed by atoms with van der Waals surface area (Å²) in [5, 5.41) is 3.70. The normalized spacial score (nSPS) is 11.0. The van der Waals surface area contributed by atoms with E-state index in [9.17, 15) is 18.0 Å². The highest BCUT2D eigenvalue weighted by atomic mass is 32.2. The Hall–Kier alpha value is -5.07. The maximum Gasteiger partial charge on any atom is 0.323 e. The topological polar surface area (TPSA) is 148 Å². The average molecular weight is 590 g/mol. The van der Waals surface area contributed by atoms with Crippen molar-refractivity contribution in [1.82, 2.24) is 9.55 Å². The van der Waals surface area contributed by atoms with E-state index in [2.05, 4.69) is 10.3 Å². The van der Waals surface area contributed by atoms with Gasteiger partial charge >= 0.3 is 6.03 Å². The van der Waals surface area contributed by atoms with Crippen LogP contribution in [-0.2, 0) is 17.2 Å². The number of hydrogen-bond donors (Lipinski definition) is 3. The van der Waals surface area contributed by atoms with E-state index >= 15 is 4.39 Å². The largest absolute Gasteiger partial charge is 0.373 e. The molecular weight excluding hydrogens is 561 g/mol. The van der Waals surface area contributed by atoms with Crippen LogP contribution in [0.15, 0.2) is 95.9 Å². The third-order valence-electron chi connectivity index (χ3n) is 6.29. The summed E-state index contributed by atoms with van der Waals surface area (Å²) in [7, 11) is -0.246. The number of nitrogens with two attached hydrogens (primary N) is 1. The van der Waals surface area contributed by atoms with E-state index in [1.807, 2.05) is 36.4 Å². The first kappa shape index (κ1) is 29.9. The Labute approximate surface area is 241 Å². The fourth-order valence-electron chi connectivity index (χ4n) is 4.40. The van der Waals surface area contributed by atoms with E-state index in [1.54, 1.807) is 50.6 Å². The van der Waals surface area contributed by atoms with Gasteiger partial charge in [0.2, 0.25) is 0 Å². The molecule has 216 valence electrons. The predicted octanol–water partition coefficient (Wildman–Crippen LogP) is 5.17. The molecule has 4 N–H and O–H groups in total. The summed E-state index contributed by atoms with van der Waals surface area (Å²) in [5.74, 6) is -0.0141. The van der Waals surface area contributed by atoms with Crippen molar-refractivity contribution >= 4 is 44.2 Å². The number of urea groups is 1. The summed E-state index contributed by atoms with van der Waals surface area (Å²) in [4.78, 5) is 31.3. The molecule has 0 fully saturated rings. The number of amides is 2. The number of anilines is 3. The molecule has 0 aliphatic carbocycles. The SMILES string of the molecule is CNc1cc2c(cn1)cc(-c1ccc(F)c(N(C(N)=O)c3cccc(-c4ccccc4)c3)c1)c(=O)n2C.CS(=O)(=O)O. The van der Waals surface area contributed by atoms with Crippen molar-refractivity contribution in [3.8, 4) is 22.3 Å². The second kappa shape index (κ2) is 12.2. The molecule has 5 aromatic rings. The lowest BCUT2D eigenvalue weighted by Gasteiger charge is -2.23. The van der Waals surface area contributed by atoms with Gasteiger partial charge in [0.15, 0.2) is 0 Å². The van der Waals surface area contributed by atoms with Gasteiger partial charge in [-0.2, -0.15) is 8.42 Å². The highest BCUT2D eigenvalue weighted by molar-refractivity contribution is 7.85. The van der Waals surface area contributed by atoms with Gasteiger partial charge < -0.3 is 15.6 Å². The Morgan fingerprint density at radius 2 is 1.64 bits per heavy atom. The zero-order chi connectivity index (χ0) is 30.6. The molecule has 0 unspecified atom stereocenters. The van der Waals surface area contributed by atoms with E-state index in [0.717, 1.165) is 21.4 Å². The number of benzene rings is 3. The van der Waals surface area contributed by atoms with Gasteiger partial charge in [0.05, 0.1) is 23.1 Å². The summed E-state index contributed by atoms with van der Waals surface area (Å²) in [6, 6.07) is 23.6. The van der Waals surface area contributed by atoms with Crippen LogP contribution in [-0.4, -0.2) is 41.9 Å². The molecule has 0 saturated heterocycles. The van der Waals surface area contributed by atoms with Crippen LogP contribution in [0.5, 0.6) is 0 Å². The van der Waals surface area contributed by atoms with E-state index in [4.69, 9.17) is 10.3 Å². The number of nitrogens with zero attached hydrogens (tertiary/aromatic N) is 3. The molecule has 0 radical (unpaired) electrons. The lowest BCUT2D eigenvalue weighted by molar-refractivity contribution is 0.256. The van der Waals surface area contributed by atoms with Gasteiger partial charge in [0.1, 0.15) is 11.6 Å². The Kier molecular flexibility index (Phi) is 8.69. The molecule has 0 bridgehead atoms. The minimum absolute atomic E-state index is 0.0546. The molecule has 12 heteroatoms. The first-order chi connectivity index (χ1) is 19.9. The van der Waals surface area contributed by atoms with Crippen LogP contribution in [0.4, 0.5) is 26.4 Å². The Bertz CT molecular complexity index is 1940. The lowest BCUT2D eigenvalue weighted by Crippen LogP contribution is -2.32. The number of carbonyl (C=O) groups excluding carboxylic acids is 1. The maximum absolute atomic E-state index is 15.2. The van der Waals surface area contributed by atoms with Crippen molar-refractivity contribution < 1.29 is 22.2 Å². The fourth-order valence-corrected chi connectivity index (χ4v) is 4.40. The monoisotopic (exact) mass is 589 g/mol. The van der Waals surface area contributed by atoms with Gasteiger partial charge in [-0.3, -0.25) is 14.2 Å². The van der Waals surface area contributed by atoms with Crippen molar-refractivity contribution in [3.63, 3.8) is 0 Å². The van der Waals surface area contributed by atoms with Crippen molar-refractivity contribution in [1.29, 1.82) is 0 Å². The third kappa shape index (κ3) is 6.79. The van der Waals surface area contributed by atoms with Crippen LogP contribution in [0.2, 0.25) is 0 Å².